The smallest absolute Gasteiger partial charge is 0.321 e. The third-order valence-corrected chi connectivity index (χ3v) is 4.09. The Morgan fingerprint density at radius 1 is 1.00 bits per heavy atom. The van der Waals surface area contributed by atoms with Gasteiger partial charge in [0.2, 0.25) is 12.7 Å². The summed E-state index contributed by atoms with van der Waals surface area (Å²) in [7, 11) is 0. The van der Waals surface area contributed by atoms with E-state index in [0.717, 1.165) is 5.56 Å². The third-order valence-electron chi connectivity index (χ3n) is 4.09. The number of carbonyl (C=O) groups excluding carboxylic acids is 3. The normalized spacial score (nSPS) is 11.5. The van der Waals surface area contributed by atoms with E-state index in [4.69, 9.17) is 9.47 Å². The van der Waals surface area contributed by atoms with Gasteiger partial charge in [-0.3, -0.25) is 14.9 Å². The number of amides is 4. The van der Waals surface area contributed by atoms with E-state index in [0.29, 0.717) is 35.8 Å². The minimum Gasteiger partial charge on any atom is -0.454 e. The van der Waals surface area contributed by atoms with Crippen LogP contribution < -0.4 is 30.7 Å². The molecule has 0 unspecified atom stereocenters. The Labute approximate surface area is 167 Å². The highest BCUT2D eigenvalue weighted by Gasteiger charge is 2.15. The number of ether oxygens (including phenoxy) is 2. The van der Waals surface area contributed by atoms with Crippen LogP contribution in [0.1, 0.15) is 22.8 Å². The number of para-hydroxylation sites is 1. The van der Waals surface area contributed by atoms with Crippen molar-refractivity contribution >= 4 is 23.5 Å². The van der Waals surface area contributed by atoms with Gasteiger partial charge < -0.3 is 25.4 Å². The summed E-state index contributed by atoms with van der Waals surface area (Å²) in [5, 5.41) is 10.4. The number of rotatable bonds is 7. The molecule has 4 amide bonds. The second-order valence-electron chi connectivity index (χ2n) is 6.18. The van der Waals surface area contributed by atoms with Crippen LogP contribution in [0.5, 0.6) is 11.5 Å². The molecule has 0 radical (unpaired) electrons. The molecule has 9 nitrogen and oxygen atoms in total. The zero-order valence-corrected chi connectivity index (χ0v) is 15.9. The number of urea groups is 1. The van der Waals surface area contributed by atoms with E-state index in [2.05, 4.69) is 21.3 Å². The zero-order chi connectivity index (χ0) is 20.6. The molecule has 0 aliphatic carbocycles. The van der Waals surface area contributed by atoms with Gasteiger partial charge in [-0.1, -0.05) is 18.2 Å². The van der Waals surface area contributed by atoms with Gasteiger partial charge in [-0.2, -0.15) is 0 Å². The molecule has 0 fully saturated rings. The highest BCUT2D eigenvalue weighted by molar-refractivity contribution is 6.01. The Morgan fingerprint density at radius 2 is 1.79 bits per heavy atom. The summed E-state index contributed by atoms with van der Waals surface area (Å²) >= 11 is 0. The van der Waals surface area contributed by atoms with Gasteiger partial charge in [0.15, 0.2) is 11.5 Å². The molecule has 2 aromatic carbocycles. The summed E-state index contributed by atoms with van der Waals surface area (Å²) < 4.78 is 10.6. The molecule has 0 atom stereocenters. The fraction of sp³-hybridized carbons (Fsp3) is 0.250. The monoisotopic (exact) mass is 398 g/mol. The standard InChI is InChI=1S/C20H22N4O5/c1-2-21-20(27)24-18(25)11-22-15-6-4-3-5-14(15)19(26)23-10-13-7-8-16-17(9-13)29-12-28-16/h3-9,22H,2,10-12H2,1H3,(H,23,26)(H2,21,24,25,27). The first-order valence-corrected chi connectivity index (χ1v) is 9.14. The van der Waals surface area contributed by atoms with Crippen molar-refractivity contribution in [2.24, 2.45) is 0 Å². The molecule has 0 saturated carbocycles. The van der Waals surface area contributed by atoms with Crippen molar-refractivity contribution < 1.29 is 23.9 Å². The molecule has 0 spiro atoms. The predicted molar refractivity (Wildman–Crippen MR) is 106 cm³/mol. The minimum absolute atomic E-state index is 0.149. The van der Waals surface area contributed by atoms with Crippen LogP contribution in [0.3, 0.4) is 0 Å². The molecule has 1 aliphatic rings. The number of hydrogen-bond acceptors (Lipinski definition) is 6. The number of anilines is 1. The minimum atomic E-state index is -0.561. The van der Waals surface area contributed by atoms with Gasteiger partial charge in [0.25, 0.3) is 5.91 Å². The molecule has 3 rings (SSSR count). The van der Waals surface area contributed by atoms with Crippen LogP contribution in [0.4, 0.5) is 10.5 Å². The topological polar surface area (TPSA) is 118 Å². The van der Waals surface area contributed by atoms with Gasteiger partial charge in [0.05, 0.1) is 12.1 Å². The number of hydrogen-bond donors (Lipinski definition) is 4. The molecule has 0 saturated heterocycles. The highest BCUT2D eigenvalue weighted by atomic mass is 16.7. The lowest BCUT2D eigenvalue weighted by atomic mass is 10.1. The maximum Gasteiger partial charge on any atom is 0.321 e. The van der Waals surface area contributed by atoms with Gasteiger partial charge >= 0.3 is 6.03 Å². The van der Waals surface area contributed by atoms with Crippen LogP contribution in [0.2, 0.25) is 0 Å². The lowest BCUT2D eigenvalue weighted by molar-refractivity contribution is -0.118. The van der Waals surface area contributed by atoms with Crippen LogP contribution >= 0.6 is 0 Å². The first kappa shape index (κ1) is 20.0. The van der Waals surface area contributed by atoms with Gasteiger partial charge in [-0.15, -0.1) is 0 Å². The second-order valence-corrected chi connectivity index (χ2v) is 6.18. The molecule has 1 aliphatic heterocycles. The van der Waals surface area contributed by atoms with E-state index in [-0.39, 0.29) is 19.2 Å². The van der Waals surface area contributed by atoms with E-state index in [9.17, 15) is 14.4 Å². The first-order chi connectivity index (χ1) is 14.1. The predicted octanol–water partition coefficient (Wildman–Crippen LogP) is 1.60. The lowest BCUT2D eigenvalue weighted by Crippen LogP contribution is -2.41. The van der Waals surface area contributed by atoms with Gasteiger partial charge in [0, 0.05) is 18.8 Å². The number of nitrogens with one attached hydrogen (secondary N) is 4. The molecule has 9 heteroatoms. The van der Waals surface area contributed by atoms with Crippen molar-refractivity contribution in [2.45, 2.75) is 13.5 Å². The number of benzene rings is 2. The van der Waals surface area contributed by atoms with Crippen molar-refractivity contribution in [3.63, 3.8) is 0 Å². The summed E-state index contributed by atoms with van der Waals surface area (Å²) in [6.07, 6.45) is 0. The zero-order valence-electron chi connectivity index (χ0n) is 15.9. The molecule has 0 aromatic heterocycles. The van der Waals surface area contributed by atoms with E-state index in [1.165, 1.54) is 0 Å². The second kappa shape index (κ2) is 9.45. The molecule has 2 aromatic rings. The van der Waals surface area contributed by atoms with E-state index >= 15 is 0 Å². The lowest BCUT2D eigenvalue weighted by Gasteiger charge is -2.12. The van der Waals surface area contributed by atoms with Gasteiger partial charge in [0.1, 0.15) is 0 Å². The average Bonchev–Trinajstić information content (AvgIpc) is 3.18. The van der Waals surface area contributed by atoms with Crippen LogP contribution in [-0.2, 0) is 11.3 Å². The number of imide groups is 1. The van der Waals surface area contributed by atoms with E-state index < -0.39 is 11.9 Å². The fourth-order valence-corrected chi connectivity index (χ4v) is 2.71. The largest absolute Gasteiger partial charge is 0.454 e. The third kappa shape index (κ3) is 5.38. The summed E-state index contributed by atoms with van der Waals surface area (Å²) in [5.74, 6) is 0.527. The van der Waals surface area contributed by atoms with Gasteiger partial charge in [-0.25, -0.2) is 4.79 Å². The van der Waals surface area contributed by atoms with E-state index in [1.807, 2.05) is 12.1 Å². The van der Waals surface area contributed by atoms with Crippen molar-refractivity contribution in [2.75, 3.05) is 25.2 Å². The van der Waals surface area contributed by atoms with E-state index in [1.54, 1.807) is 37.3 Å². The Bertz CT molecular complexity index is 915. The molecule has 29 heavy (non-hydrogen) atoms. The molecular formula is C20H22N4O5. The van der Waals surface area contributed by atoms with Crippen molar-refractivity contribution in [3.8, 4) is 11.5 Å². The summed E-state index contributed by atoms with van der Waals surface area (Å²) in [6, 6.07) is 11.7. The first-order valence-electron chi connectivity index (χ1n) is 9.14. The summed E-state index contributed by atoms with van der Waals surface area (Å²) in [5.41, 5.74) is 1.75. The Hall–Kier alpha value is -3.75. The molecular weight excluding hydrogens is 376 g/mol. The molecule has 0 bridgehead atoms. The van der Waals surface area contributed by atoms with Crippen molar-refractivity contribution in [1.29, 1.82) is 0 Å². The van der Waals surface area contributed by atoms with Crippen molar-refractivity contribution in [1.82, 2.24) is 16.0 Å². The average molecular weight is 398 g/mol. The fourth-order valence-electron chi connectivity index (χ4n) is 2.71. The van der Waals surface area contributed by atoms with Crippen LogP contribution in [0, 0.1) is 0 Å². The number of fused-ring (bicyclic) bond motifs is 1. The summed E-state index contributed by atoms with van der Waals surface area (Å²) in [4.78, 5) is 35.8. The van der Waals surface area contributed by atoms with Crippen molar-refractivity contribution in [3.05, 3.63) is 53.6 Å². The molecule has 152 valence electrons. The SMILES string of the molecule is CCNC(=O)NC(=O)CNc1ccccc1C(=O)NCc1ccc2c(c1)OCO2. The van der Waals surface area contributed by atoms with Gasteiger partial charge in [-0.05, 0) is 36.8 Å². The maximum atomic E-state index is 12.6. The molecule has 1 heterocycles. The molecule has 4 N–H and O–H groups in total. The maximum absolute atomic E-state index is 12.6. The summed E-state index contributed by atoms with van der Waals surface area (Å²) in [6.45, 7) is 2.52. The number of carbonyl (C=O) groups is 3. The highest BCUT2D eigenvalue weighted by Crippen LogP contribution is 2.32. The Kier molecular flexibility index (Phi) is 6.51. The van der Waals surface area contributed by atoms with Crippen LogP contribution in [0.15, 0.2) is 42.5 Å². The quantitative estimate of drug-likeness (QED) is 0.563. The Morgan fingerprint density at radius 3 is 2.62 bits per heavy atom. The van der Waals surface area contributed by atoms with Crippen LogP contribution in [-0.4, -0.2) is 37.7 Å². The van der Waals surface area contributed by atoms with Crippen LogP contribution in [0.25, 0.3) is 0 Å². The Balaban J connectivity index is 1.57.